The minimum atomic E-state index is 0.809. The SMILES string of the molecule is CNCc1cccn2nc(C)nc12. The standard InChI is InChI=1S/C9H12N4/c1-7-11-9-8(6-10-2)4-3-5-13(9)12-7/h3-5,10H,6H2,1-2H3. The fourth-order valence-electron chi connectivity index (χ4n) is 1.40. The van der Waals surface area contributed by atoms with Gasteiger partial charge in [-0.05, 0) is 20.0 Å². The number of nitrogens with one attached hydrogen (secondary N) is 1. The van der Waals surface area contributed by atoms with Gasteiger partial charge in [0.1, 0.15) is 5.82 Å². The van der Waals surface area contributed by atoms with E-state index in [1.165, 1.54) is 5.56 Å². The van der Waals surface area contributed by atoms with Crippen LogP contribution in [0.5, 0.6) is 0 Å². The van der Waals surface area contributed by atoms with E-state index in [9.17, 15) is 0 Å². The summed E-state index contributed by atoms with van der Waals surface area (Å²) >= 11 is 0. The number of hydrogen-bond acceptors (Lipinski definition) is 3. The highest BCUT2D eigenvalue weighted by Crippen LogP contribution is 2.07. The number of hydrogen-bond donors (Lipinski definition) is 1. The second-order valence-electron chi connectivity index (χ2n) is 2.99. The first-order chi connectivity index (χ1) is 6.31. The Morgan fingerprint density at radius 2 is 2.38 bits per heavy atom. The van der Waals surface area contributed by atoms with Gasteiger partial charge < -0.3 is 5.32 Å². The summed E-state index contributed by atoms with van der Waals surface area (Å²) in [6.07, 6.45) is 1.91. The van der Waals surface area contributed by atoms with Crippen LogP contribution in [0, 0.1) is 6.92 Å². The summed E-state index contributed by atoms with van der Waals surface area (Å²) in [5.41, 5.74) is 2.11. The number of nitrogens with zero attached hydrogens (tertiary/aromatic N) is 3. The van der Waals surface area contributed by atoms with Crippen LogP contribution in [0.15, 0.2) is 18.3 Å². The molecule has 0 aliphatic heterocycles. The largest absolute Gasteiger partial charge is 0.316 e. The zero-order valence-corrected chi connectivity index (χ0v) is 7.78. The smallest absolute Gasteiger partial charge is 0.160 e. The van der Waals surface area contributed by atoms with E-state index in [1.54, 1.807) is 0 Å². The van der Waals surface area contributed by atoms with Gasteiger partial charge in [0.25, 0.3) is 0 Å². The summed E-state index contributed by atoms with van der Waals surface area (Å²) in [7, 11) is 1.92. The maximum atomic E-state index is 4.34. The molecule has 0 spiro atoms. The molecule has 68 valence electrons. The number of fused-ring (bicyclic) bond motifs is 1. The van der Waals surface area contributed by atoms with Gasteiger partial charge in [-0.1, -0.05) is 6.07 Å². The minimum Gasteiger partial charge on any atom is -0.316 e. The van der Waals surface area contributed by atoms with E-state index in [1.807, 2.05) is 30.8 Å². The van der Waals surface area contributed by atoms with Crippen molar-refractivity contribution in [2.24, 2.45) is 0 Å². The van der Waals surface area contributed by atoms with Crippen molar-refractivity contribution in [1.82, 2.24) is 19.9 Å². The lowest BCUT2D eigenvalue weighted by Crippen LogP contribution is -2.06. The van der Waals surface area contributed by atoms with E-state index in [0.29, 0.717) is 0 Å². The first kappa shape index (κ1) is 8.19. The molecule has 13 heavy (non-hydrogen) atoms. The summed E-state index contributed by atoms with van der Waals surface area (Å²) in [6, 6.07) is 4.04. The van der Waals surface area contributed by atoms with Crippen molar-refractivity contribution in [3.05, 3.63) is 29.7 Å². The van der Waals surface area contributed by atoms with Crippen LogP contribution >= 0.6 is 0 Å². The molecule has 0 atom stereocenters. The van der Waals surface area contributed by atoms with Crippen molar-refractivity contribution in [1.29, 1.82) is 0 Å². The third-order valence-electron chi connectivity index (χ3n) is 1.92. The maximum absolute atomic E-state index is 4.34. The Bertz CT molecular complexity index is 418. The summed E-state index contributed by atoms with van der Waals surface area (Å²) in [6.45, 7) is 2.72. The summed E-state index contributed by atoms with van der Waals surface area (Å²) in [5.74, 6) is 0.809. The molecule has 0 saturated heterocycles. The molecule has 0 aliphatic carbocycles. The van der Waals surface area contributed by atoms with Crippen LogP contribution in [0.3, 0.4) is 0 Å². The van der Waals surface area contributed by atoms with Crippen LogP contribution in [0.2, 0.25) is 0 Å². The monoisotopic (exact) mass is 176 g/mol. The molecule has 0 aliphatic rings. The van der Waals surface area contributed by atoms with Crippen molar-refractivity contribution in [3.63, 3.8) is 0 Å². The Morgan fingerprint density at radius 3 is 3.15 bits per heavy atom. The normalized spacial score (nSPS) is 10.9. The second kappa shape index (κ2) is 3.14. The van der Waals surface area contributed by atoms with E-state index in [-0.39, 0.29) is 0 Å². The molecule has 0 aromatic carbocycles. The minimum absolute atomic E-state index is 0.809. The highest BCUT2D eigenvalue weighted by molar-refractivity contribution is 5.46. The van der Waals surface area contributed by atoms with Gasteiger partial charge in [-0.15, -0.1) is 0 Å². The fraction of sp³-hybridized carbons (Fsp3) is 0.333. The van der Waals surface area contributed by atoms with Gasteiger partial charge in [0, 0.05) is 18.3 Å². The lowest BCUT2D eigenvalue weighted by atomic mass is 10.3. The molecule has 2 aromatic heterocycles. The quantitative estimate of drug-likeness (QED) is 0.734. The Labute approximate surface area is 76.6 Å². The topological polar surface area (TPSA) is 42.2 Å². The van der Waals surface area contributed by atoms with Crippen molar-refractivity contribution < 1.29 is 0 Å². The first-order valence-corrected chi connectivity index (χ1v) is 4.27. The van der Waals surface area contributed by atoms with Crippen LogP contribution < -0.4 is 5.32 Å². The van der Waals surface area contributed by atoms with Crippen molar-refractivity contribution >= 4 is 5.65 Å². The zero-order valence-electron chi connectivity index (χ0n) is 7.78. The molecular weight excluding hydrogens is 164 g/mol. The predicted molar refractivity (Wildman–Crippen MR) is 50.5 cm³/mol. The maximum Gasteiger partial charge on any atom is 0.160 e. The van der Waals surface area contributed by atoms with E-state index < -0.39 is 0 Å². The van der Waals surface area contributed by atoms with Crippen LogP contribution in [0.1, 0.15) is 11.4 Å². The lowest BCUT2D eigenvalue weighted by molar-refractivity contribution is 0.811. The van der Waals surface area contributed by atoms with Crippen molar-refractivity contribution in [2.45, 2.75) is 13.5 Å². The Morgan fingerprint density at radius 1 is 1.54 bits per heavy atom. The second-order valence-corrected chi connectivity index (χ2v) is 2.99. The zero-order chi connectivity index (χ0) is 9.26. The van der Waals surface area contributed by atoms with Gasteiger partial charge in [0.15, 0.2) is 5.65 Å². The average Bonchev–Trinajstić information content (AvgIpc) is 2.47. The van der Waals surface area contributed by atoms with Gasteiger partial charge >= 0.3 is 0 Å². The highest BCUT2D eigenvalue weighted by Gasteiger charge is 2.03. The van der Waals surface area contributed by atoms with Gasteiger partial charge in [0.2, 0.25) is 0 Å². The Kier molecular flexibility index (Phi) is 1.98. The van der Waals surface area contributed by atoms with E-state index in [4.69, 9.17) is 0 Å². The summed E-state index contributed by atoms with van der Waals surface area (Å²) in [4.78, 5) is 4.34. The molecule has 1 N–H and O–H groups in total. The summed E-state index contributed by atoms with van der Waals surface area (Å²) in [5, 5.41) is 7.34. The number of pyridine rings is 1. The predicted octanol–water partition coefficient (Wildman–Crippen LogP) is 0.757. The van der Waals surface area contributed by atoms with Crippen LogP contribution in [-0.2, 0) is 6.54 Å². The molecule has 0 saturated carbocycles. The van der Waals surface area contributed by atoms with Crippen LogP contribution in [0.4, 0.5) is 0 Å². The molecule has 0 amide bonds. The molecule has 0 unspecified atom stereocenters. The molecular formula is C9H12N4. The Balaban J connectivity index is 2.60. The molecule has 4 nitrogen and oxygen atoms in total. The Hall–Kier alpha value is -1.42. The van der Waals surface area contributed by atoms with Gasteiger partial charge in [-0.2, -0.15) is 5.10 Å². The number of aryl methyl sites for hydroxylation is 1. The van der Waals surface area contributed by atoms with Gasteiger partial charge in [-0.3, -0.25) is 0 Å². The third-order valence-corrected chi connectivity index (χ3v) is 1.92. The molecule has 0 radical (unpaired) electrons. The molecule has 4 heteroatoms. The molecule has 0 bridgehead atoms. The lowest BCUT2D eigenvalue weighted by Gasteiger charge is -1.99. The third kappa shape index (κ3) is 1.40. The van der Waals surface area contributed by atoms with Gasteiger partial charge in [-0.25, -0.2) is 9.50 Å². The highest BCUT2D eigenvalue weighted by atomic mass is 15.3. The van der Waals surface area contributed by atoms with E-state index in [0.717, 1.165) is 18.0 Å². The average molecular weight is 176 g/mol. The van der Waals surface area contributed by atoms with E-state index >= 15 is 0 Å². The van der Waals surface area contributed by atoms with Crippen LogP contribution in [-0.4, -0.2) is 21.6 Å². The van der Waals surface area contributed by atoms with Gasteiger partial charge in [0.05, 0.1) is 0 Å². The molecule has 2 aromatic rings. The van der Waals surface area contributed by atoms with Crippen LogP contribution in [0.25, 0.3) is 5.65 Å². The fourth-order valence-corrected chi connectivity index (χ4v) is 1.40. The molecule has 0 fully saturated rings. The van der Waals surface area contributed by atoms with Crippen molar-refractivity contribution in [3.8, 4) is 0 Å². The molecule has 2 heterocycles. The summed E-state index contributed by atoms with van der Waals surface area (Å²) < 4.78 is 1.81. The van der Waals surface area contributed by atoms with E-state index in [2.05, 4.69) is 21.5 Å². The van der Waals surface area contributed by atoms with Crippen molar-refractivity contribution in [2.75, 3.05) is 7.05 Å². The molecule has 2 rings (SSSR count). The first-order valence-electron chi connectivity index (χ1n) is 4.27. The number of aromatic nitrogens is 3. The number of rotatable bonds is 2.